The van der Waals surface area contributed by atoms with Gasteiger partial charge in [-0.3, -0.25) is 4.79 Å². The molecular weight excluding hydrogens is 211 g/mol. The van der Waals surface area contributed by atoms with Crippen LogP contribution in [-0.2, 0) is 0 Å². The molecule has 0 N–H and O–H groups in total. The molecule has 1 heterocycles. The fraction of sp³-hybridized carbons (Fsp3) is 0. The Morgan fingerprint density at radius 2 is 1.40 bits per heavy atom. The second-order valence-corrected chi connectivity index (χ2v) is 5.09. The molecular formula is C12H11NaOSi. The van der Waals surface area contributed by atoms with Crippen LogP contribution in [0.25, 0.3) is 0 Å². The summed E-state index contributed by atoms with van der Waals surface area (Å²) < 4.78 is 0. The van der Waals surface area contributed by atoms with Crippen molar-refractivity contribution in [2.24, 2.45) is 0 Å². The third kappa shape index (κ3) is 3.21. The monoisotopic (exact) mass is 222 g/mol. The summed E-state index contributed by atoms with van der Waals surface area (Å²) in [5, 5.41) is 0.260. The second kappa shape index (κ2) is 6.13. The van der Waals surface area contributed by atoms with E-state index in [-0.39, 0.29) is 35.0 Å². The third-order valence-electron chi connectivity index (χ3n) is 2.07. The van der Waals surface area contributed by atoms with Gasteiger partial charge in [-0.1, -0.05) is 59.9 Å². The fourth-order valence-corrected chi connectivity index (χ4v) is 2.90. The molecule has 0 radical (unpaired) electrons. The first kappa shape index (κ1) is 12.5. The zero-order chi connectivity index (χ0) is 9.80. The van der Waals surface area contributed by atoms with Crippen LogP contribution in [0.15, 0.2) is 59.9 Å². The van der Waals surface area contributed by atoms with Crippen LogP contribution in [0, 0.1) is 0 Å². The van der Waals surface area contributed by atoms with Gasteiger partial charge in [-0.25, -0.2) is 0 Å². The van der Waals surface area contributed by atoms with E-state index in [4.69, 9.17) is 0 Å². The van der Waals surface area contributed by atoms with Crippen molar-refractivity contribution in [3.05, 3.63) is 65.4 Å². The van der Waals surface area contributed by atoms with E-state index in [1.54, 1.807) is 0 Å². The number of hydrogen-bond acceptors (Lipinski definition) is 1. The number of benzene rings is 1. The van der Waals surface area contributed by atoms with E-state index >= 15 is 0 Å². The Labute approximate surface area is 113 Å². The van der Waals surface area contributed by atoms with Crippen molar-refractivity contribution in [2.45, 2.75) is 0 Å². The molecule has 0 aliphatic heterocycles. The summed E-state index contributed by atoms with van der Waals surface area (Å²) in [6.07, 6.45) is 0. The SMILES string of the molecule is O=C(c1ccccc1)[si]1ccccc1.[NaH]. The normalized spacial score (nSPS) is 9.07. The topological polar surface area (TPSA) is 17.1 Å². The molecule has 0 bridgehead atoms. The molecule has 0 saturated heterocycles. The summed E-state index contributed by atoms with van der Waals surface area (Å²) in [6.45, 7) is 0. The average Bonchev–Trinajstić information content (AvgIpc) is 2.30. The van der Waals surface area contributed by atoms with Gasteiger partial charge in [0.15, 0.2) is 5.41 Å². The molecule has 0 aliphatic carbocycles. The Kier molecular flexibility index (Phi) is 5.12. The van der Waals surface area contributed by atoms with Gasteiger partial charge in [-0.05, 0) is 0 Å². The Balaban J connectivity index is 0.00000112. The van der Waals surface area contributed by atoms with Gasteiger partial charge in [-0.15, -0.1) is 0 Å². The van der Waals surface area contributed by atoms with Crippen molar-refractivity contribution in [1.82, 2.24) is 0 Å². The summed E-state index contributed by atoms with van der Waals surface area (Å²) in [7, 11) is -1.11. The Morgan fingerprint density at radius 1 is 0.867 bits per heavy atom. The Morgan fingerprint density at radius 3 is 2.00 bits per heavy atom. The summed E-state index contributed by atoms with van der Waals surface area (Å²) in [4.78, 5) is 11.9. The van der Waals surface area contributed by atoms with E-state index in [1.165, 1.54) is 0 Å². The van der Waals surface area contributed by atoms with Gasteiger partial charge in [0.05, 0.1) is 0 Å². The molecule has 1 aromatic carbocycles. The van der Waals surface area contributed by atoms with Crippen molar-refractivity contribution < 1.29 is 4.79 Å². The number of hydrogen-bond donors (Lipinski definition) is 0. The summed E-state index contributed by atoms with van der Waals surface area (Å²) in [6, 6.07) is 15.3. The molecule has 0 amide bonds. The molecule has 0 spiro atoms. The molecule has 3 heteroatoms. The van der Waals surface area contributed by atoms with E-state index in [2.05, 4.69) is 0 Å². The predicted molar refractivity (Wildman–Crippen MR) is 65.7 cm³/mol. The quantitative estimate of drug-likeness (QED) is 0.708. The van der Waals surface area contributed by atoms with Gasteiger partial charge >= 0.3 is 29.6 Å². The maximum atomic E-state index is 11.9. The zero-order valence-electron chi connectivity index (χ0n) is 7.68. The number of rotatable bonds is 2. The van der Waals surface area contributed by atoms with Crippen LogP contribution < -0.4 is 0 Å². The van der Waals surface area contributed by atoms with Gasteiger partial charge < -0.3 is 0 Å². The molecule has 0 atom stereocenters. The summed E-state index contributed by atoms with van der Waals surface area (Å²) >= 11 is 0. The van der Waals surface area contributed by atoms with Gasteiger partial charge in [0.25, 0.3) is 0 Å². The Hall–Kier alpha value is -0.543. The first-order valence-electron chi connectivity index (χ1n) is 4.53. The van der Waals surface area contributed by atoms with E-state index < -0.39 is 8.40 Å². The van der Waals surface area contributed by atoms with Gasteiger partial charge in [0.2, 0.25) is 0 Å². The van der Waals surface area contributed by atoms with Crippen LogP contribution in [0.3, 0.4) is 0 Å². The molecule has 0 aliphatic rings. The zero-order valence-corrected chi connectivity index (χ0v) is 8.68. The first-order chi connectivity index (χ1) is 6.88. The van der Waals surface area contributed by atoms with Gasteiger partial charge in [0.1, 0.15) is 8.40 Å². The van der Waals surface area contributed by atoms with Gasteiger partial charge in [-0.2, -0.15) is 0 Å². The minimum atomic E-state index is -1.11. The maximum absolute atomic E-state index is 11.9. The summed E-state index contributed by atoms with van der Waals surface area (Å²) in [5.41, 5.74) is 4.84. The molecule has 0 unspecified atom stereocenters. The van der Waals surface area contributed by atoms with E-state index in [1.807, 2.05) is 59.9 Å². The van der Waals surface area contributed by atoms with Crippen LogP contribution in [0.4, 0.5) is 0 Å². The first-order valence-corrected chi connectivity index (χ1v) is 6.18. The molecule has 0 fully saturated rings. The number of carbonyl (C=O) groups is 1. The fourth-order valence-electron chi connectivity index (χ4n) is 1.35. The van der Waals surface area contributed by atoms with Crippen LogP contribution in [0.5, 0.6) is 0 Å². The summed E-state index contributed by atoms with van der Waals surface area (Å²) in [5.74, 6) is 0. The van der Waals surface area contributed by atoms with Crippen molar-refractivity contribution in [1.29, 1.82) is 0 Å². The second-order valence-electron chi connectivity index (χ2n) is 3.06. The standard InChI is InChI=1S/C12H10OSi.Na.H/c13-12(11-7-3-1-4-8-11)14-9-5-2-6-10-14;;/h1-10H;;. The molecule has 1 nitrogen and oxygen atoms in total. The molecule has 15 heavy (non-hydrogen) atoms. The average molecular weight is 222 g/mol. The molecule has 2 aromatic rings. The van der Waals surface area contributed by atoms with Crippen LogP contribution in [0.2, 0.25) is 0 Å². The molecule has 1 aromatic heterocycles. The van der Waals surface area contributed by atoms with E-state index in [0.29, 0.717) is 0 Å². The molecule has 0 saturated carbocycles. The van der Waals surface area contributed by atoms with Crippen molar-refractivity contribution >= 4 is 43.4 Å². The Bertz CT molecular complexity index is 386. The van der Waals surface area contributed by atoms with Gasteiger partial charge in [0, 0.05) is 5.56 Å². The van der Waals surface area contributed by atoms with Crippen molar-refractivity contribution in [3.8, 4) is 0 Å². The van der Waals surface area contributed by atoms with Crippen molar-refractivity contribution in [2.75, 3.05) is 0 Å². The number of carbonyl (C=O) groups excluding carboxylic acids is 1. The third-order valence-corrected chi connectivity index (χ3v) is 3.99. The van der Waals surface area contributed by atoms with Crippen LogP contribution in [0.1, 0.15) is 10.4 Å². The molecule has 2 rings (SSSR count). The van der Waals surface area contributed by atoms with E-state index in [0.717, 1.165) is 5.56 Å². The predicted octanol–water partition coefficient (Wildman–Crippen LogP) is 1.75. The molecule has 70 valence electrons. The van der Waals surface area contributed by atoms with Crippen molar-refractivity contribution in [3.63, 3.8) is 0 Å². The van der Waals surface area contributed by atoms with Crippen LogP contribution >= 0.6 is 0 Å². The van der Waals surface area contributed by atoms with E-state index in [9.17, 15) is 4.79 Å². The van der Waals surface area contributed by atoms with Crippen LogP contribution in [-0.4, -0.2) is 43.4 Å². The minimum absolute atomic E-state index is 0.